The van der Waals surface area contributed by atoms with Gasteiger partial charge in [-0.1, -0.05) is 0 Å². The number of amides is 1. The van der Waals surface area contributed by atoms with Gasteiger partial charge in [-0.3, -0.25) is 9.69 Å². The normalized spacial score (nSPS) is 26.4. The molecule has 2 rings (SSSR count). The van der Waals surface area contributed by atoms with Crippen molar-refractivity contribution in [3.8, 4) is 0 Å². The fourth-order valence-electron chi connectivity index (χ4n) is 2.33. The average Bonchev–Trinajstić information content (AvgIpc) is 2.98. The maximum Gasteiger partial charge on any atom is 0.227 e. The highest BCUT2D eigenvalue weighted by molar-refractivity contribution is 5.83. The molecule has 3 N–H and O–H groups in total. The van der Waals surface area contributed by atoms with Crippen LogP contribution in [0, 0.1) is 5.41 Å². The van der Waals surface area contributed by atoms with E-state index in [9.17, 15) is 4.79 Å². The second-order valence-electron chi connectivity index (χ2n) is 7.03. The van der Waals surface area contributed by atoms with E-state index in [0.717, 1.165) is 25.6 Å². The van der Waals surface area contributed by atoms with Gasteiger partial charge in [0.15, 0.2) is 0 Å². The highest BCUT2D eigenvalue weighted by Gasteiger charge is 2.42. The molecule has 1 saturated carbocycles. The first-order chi connectivity index (χ1) is 8.22. The van der Waals surface area contributed by atoms with Crippen LogP contribution in [0.2, 0.25) is 0 Å². The Balaban J connectivity index is 1.88. The molecular formula is C14H27N3O. The minimum absolute atomic E-state index is 0.0812. The Bertz CT molecular complexity index is 328. The summed E-state index contributed by atoms with van der Waals surface area (Å²) in [5.41, 5.74) is 5.05. The standard InChI is InChI=1S/C14H27N3O/c1-13(2,14(3,4)15)12(18)16-10-7-8-17(9-10)11-5-6-11/h10-11H,5-9,15H2,1-4H3,(H,16,18). The minimum Gasteiger partial charge on any atom is -0.352 e. The Morgan fingerprint density at radius 2 is 1.83 bits per heavy atom. The van der Waals surface area contributed by atoms with Gasteiger partial charge in [0.05, 0.1) is 5.41 Å². The summed E-state index contributed by atoms with van der Waals surface area (Å²) < 4.78 is 0. The van der Waals surface area contributed by atoms with Crippen LogP contribution in [-0.2, 0) is 4.79 Å². The molecule has 1 saturated heterocycles. The third-order valence-corrected chi connectivity index (χ3v) is 4.80. The van der Waals surface area contributed by atoms with Crippen LogP contribution in [-0.4, -0.2) is 41.5 Å². The number of carbonyl (C=O) groups excluding carboxylic acids is 1. The lowest BCUT2D eigenvalue weighted by molar-refractivity contribution is -0.132. The maximum atomic E-state index is 12.3. The first-order valence-electron chi connectivity index (χ1n) is 7.06. The van der Waals surface area contributed by atoms with Crippen LogP contribution in [0.15, 0.2) is 0 Å². The van der Waals surface area contributed by atoms with Crippen molar-refractivity contribution < 1.29 is 4.79 Å². The molecule has 1 unspecified atom stereocenters. The highest BCUT2D eigenvalue weighted by Crippen LogP contribution is 2.31. The fourth-order valence-corrected chi connectivity index (χ4v) is 2.33. The smallest absolute Gasteiger partial charge is 0.227 e. The van der Waals surface area contributed by atoms with Gasteiger partial charge in [-0.15, -0.1) is 0 Å². The Labute approximate surface area is 110 Å². The first-order valence-corrected chi connectivity index (χ1v) is 7.06. The molecule has 0 spiro atoms. The summed E-state index contributed by atoms with van der Waals surface area (Å²) in [6, 6.07) is 1.10. The van der Waals surface area contributed by atoms with Crippen molar-refractivity contribution >= 4 is 5.91 Å². The number of nitrogens with one attached hydrogen (secondary N) is 1. The van der Waals surface area contributed by atoms with E-state index in [0.29, 0.717) is 6.04 Å². The predicted molar refractivity (Wildman–Crippen MR) is 73.2 cm³/mol. The molecule has 0 aromatic carbocycles. The van der Waals surface area contributed by atoms with Crippen molar-refractivity contribution in [1.82, 2.24) is 10.2 Å². The Kier molecular flexibility index (Phi) is 3.45. The van der Waals surface area contributed by atoms with Crippen molar-refractivity contribution in [2.75, 3.05) is 13.1 Å². The summed E-state index contributed by atoms with van der Waals surface area (Å²) in [5.74, 6) is 0.0812. The molecule has 0 aromatic rings. The van der Waals surface area contributed by atoms with Gasteiger partial charge in [-0.25, -0.2) is 0 Å². The maximum absolute atomic E-state index is 12.3. The molecule has 0 radical (unpaired) electrons. The number of carbonyl (C=O) groups is 1. The van der Waals surface area contributed by atoms with Crippen molar-refractivity contribution in [3.05, 3.63) is 0 Å². The zero-order valence-corrected chi connectivity index (χ0v) is 12.1. The largest absolute Gasteiger partial charge is 0.352 e. The van der Waals surface area contributed by atoms with E-state index in [1.165, 1.54) is 12.8 Å². The SMILES string of the molecule is CC(C)(N)C(C)(C)C(=O)NC1CCN(C2CC2)C1. The van der Waals surface area contributed by atoms with Gasteiger partial charge in [0.2, 0.25) is 5.91 Å². The third-order valence-electron chi connectivity index (χ3n) is 4.80. The molecule has 1 atom stereocenters. The number of hydrogen-bond donors (Lipinski definition) is 2. The van der Waals surface area contributed by atoms with Crippen LogP contribution in [0.4, 0.5) is 0 Å². The molecule has 1 heterocycles. The van der Waals surface area contributed by atoms with Crippen molar-refractivity contribution in [2.45, 2.75) is 64.6 Å². The molecule has 1 amide bonds. The molecule has 4 nitrogen and oxygen atoms in total. The molecule has 0 bridgehead atoms. The van der Waals surface area contributed by atoms with E-state index in [-0.39, 0.29) is 5.91 Å². The van der Waals surface area contributed by atoms with Gasteiger partial charge in [-0.2, -0.15) is 0 Å². The molecule has 2 fully saturated rings. The van der Waals surface area contributed by atoms with E-state index in [1.807, 2.05) is 27.7 Å². The molecule has 4 heteroatoms. The van der Waals surface area contributed by atoms with Crippen LogP contribution in [0.3, 0.4) is 0 Å². The lowest BCUT2D eigenvalue weighted by Gasteiger charge is -2.37. The summed E-state index contributed by atoms with van der Waals surface area (Å²) in [6.45, 7) is 9.82. The molecule has 2 aliphatic rings. The zero-order valence-electron chi connectivity index (χ0n) is 12.1. The Morgan fingerprint density at radius 3 is 2.33 bits per heavy atom. The van der Waals surface area contributed by atoms with E-state index < -0.39 is 11.0 Å². The van der Waals surface area contributed by atoms with Gasteiger partial charge in [0, 0.05) is 30.7 Å². The van der Waals surface area contributed by atoms with Gasteiger partial charge in [0.25, 0.3) is 0 Å². The summed E-state index contributed by atoms with van der Waals surface area (Å²) >= 11 is 0. The molecule has 1 aliphatic heterocycles. The van der Waals surface area contributed by atoms with Crippen LogP contribution in [0.5, 0.6) is 0 Å². The van der Waals surface area contributed by atoms with Crippen LogP contribution >= 0.6 is 0 Å². The highest BCUT2D eigenvalue weighted by atomic mass is 16.2. The fraction of sp³-hybridized carbons (Fsp3) is 0.929. The summed E-state index contributed by atoms with van der Waals surface area (Å²) in [5, 5.41) is 3.18. The molecule has 0 aromatic heterocycles. The quantitative estimate of drug-likeness (QED) is 0.789. The lowest BCUT2D eigenvalue weighted by Crippen LogP contribution is -2.57. The van der Waals surface area contributed by atoms with Crippen molar-refractivity contribution in [2.24, 2.45) is 11.1 Å². The summed E-state index contributed by atoms with van der Waals surface area (Å²) in [4.78, 5) is 14.9. The third kappa shape index (κ3) is 2.69. The zero-order chi connectivity index (χ0) is 13.6. The Hall–Kier alpha value is -0.610. The number of rotatable bonds is 4. The summed E-state index contributed by atoms with van der Waals surface area (Å²) in [6.07, 6.45) is 3.74. The Morgan fingerprint density at radius 1 is 1.22 bits per heavy atom. The number of hydrogen-bond acceptors (Lipinski definition) is 3. The number of likely N-dealkylation sites (tertiary alicyclic amines) is 1. The topological polar surface area (TPSA) is 58.4 Å². The predicted octanol–water partition coefficient (Wildman–Crippen LogP) is 1.10. The second kappa shape index (κ2) is 4.49. The van der Waals surface area contributed by atoms with E-state index >= 15 is 0 Å². The second-order valence-corrected chi connectivity index (χ2v) is 7.03. The van der Waals surface area contributed by atoms with Crippen molar-refractivity contribution in [1.29, 1.82) is 0 Å². The lowest BCUT2D eigenvalue weighted by atomic mass is 9.74. The number of nitrogens with zero attached hydrogens (tertiary/aromatic N) is 1. The van der Waals surface area contributed by atoms with E-state index in [4.69, 9.17) is 5.73 Å². The van der Waals surface area contributed by atoms with Crippen molar-refractivity contribution in [3.63, 3.8) is 0 Å². The van der Waals surface area contributed by atoms with Gasteiger partial charge in [-0.05, 0) is 47.0 Å². The van der Waals surface area contributed by atoms with Gasteiger partial charge >= 0.3 is 0 Å². The first kappa shape index (κ1) is 13.8. The summed E-state index contributed by atoms with van der Waals surface area (Å²) in [7, 11) is 0. The van der Waals surface area contributed by atoms with Crippen LogP contribution in [0.1, 0.15) is 47.0 Å². The van der Waals surface area contributed by atoms with Crippen LogP contribution in [0.25, 0.3) is 0 Å². The van der Waals surface area contributed by atoms with Crippen LogP contribution < -0.4 is 11.1 Å². The van der Waals surface area contributed by atoms with Gasteiger partial charge < -0.3 is 11.1 Å². The van der Waals surface area contributed by atoms with E-state index in [1.54, 1.807) is 0 Å². The van der Waals surface area contributed by atoms with Gasteiger partial charge in [0.1, 0.15) is 0 Å². The average molecular weight is 253 g/mol. The van der Waals surface area contributed by atoms with E-state index in [2.05, 4.69) is 10.2 Å². The number of nitrogens with two attached hydrogens (primary N) is 1. The molecule has 18 heavy (non-hydrogen) atoms. The molecular weight excluding hydrogens is 226 g/mol. The monoisotopic (exact) mass is 253 g/mol. The molecule has 1 aliphatic carbocycles. The minimum atomic E-state index is -0.542. The molecule has 104 valence electrons.